The maximum absolute atomic E-state index is 11.4. The van der Waals surface area contributed by atoms with Crippen molar-refractivity contribution in [3.8, 4) is 11.3 Å². The van der Waals surface area contributed by atoms with Crippen molar-refractivity contribution < 1.29 is 5.11 Å². The molecule has 8 rings (SSSR count). The van der Waals surface area contributed by atoms with Gasteiger partial charge in [0.05, 0.1) is 24.0 Å². The largest absolute Gasteiger partial charge is 0.393 e. The van der Waals surface area contributed by atoms with E-state index in [0.717, 1.165) is 68.8 Å². The third-order valence-corrected chi connectivity index (χ3v) is 18.6. The van der Waals surface area contributed by atoms with Gasteiger partial charge in [-0.15, -0.1) is 0 Å². The number of nitrogens with zero attached hydrogens (tertiary/aromatic N) is 2. The van der Waals surface area contributed by atoms with Gasteiger partial charge >= 0.3 is 0 Å². The lowest BCUT2D eigenvalue weighted by Crippen LogP contribution is -2.71. The molecule has 1 aliphatic heterocycles. The summed E-state index contributed by atoms with van der Waals surface area (Å²) < 4.78 is 0. The van der Waals surface area contributed by atoms with Gasteiger partial charge in [0, 0.05) is 12.0 Å². The second kappa shape index (κ2) is 11.5. The van der Waals surface area contributed by atoms with Crippen molar-refractivity contribution in [2.75, 3.05) is 6.54 Å². The minimum Gasteiger partial charge on any atom is -0.393 e. The molecule has 3 N–H and O–H groups in total. The standard InChI is InChI=1S/C45H66N4O/c1-9-40(4)35-19-23-43(7)41(5)25-26-45(39(46)49-27-13-16-34(49)38-47-28-33(48-38)30-14-11-10-12-15-30)24-17-31(29(2)3)37(45)32(41)18-22-44(43,8)42(35,6)21-20-36(40)50/h10-12,14-15,28,31-32,34-37,46,50H,2,9,13,16-27H2,1,3-8H3,(H,47,48)/t31-,32?,34+,35?,36?,37?,40?,41+,42-,43?,44+,45?/m0/s1. The SMILES string of the molecule is C=C(C)[C@@H]1CCC2(C(=N)N3CCC[C@@H]3c3ncc(-c4ccccc4)[nH]3)CC[C@]3(C)C(CC[C@@]4(C)C3(C)CCC3C(C)(CC)C(O)CC[C@@]34C)C12. The Morgan fingerprint density at radius 2 is 1.64 bits per heavy atom. The smallest absolute Gasteiger partial charge is 0.129 e. The first-order valence-electron chi connectivity index (χ1n) is 20.5. The number of rotatable bonds is 5. The third-order valence-electron chi connectivity index (χ3n) is 18.6. The Hall–Kier alpha value is -2.40. The van der Waals surface area contributed by atoms with Crippen LogP contribution in [0.1, 0.15) is 144 Å². The van der Waals surface area contributed by atoms with E-state index in [9.17, 15) is 10.5 Å². The molecule has 7 unspecified atom stereocenters. The lowest BCUT2D eigenvalue weighted by atomic mass is 9.27. The zero-order valence-corrected chi connectivity index (χ0v) is 32.4. The number of imidazole rings is 1. The Bertz CT molecular complexity index is 1650. The molecule has 5 nitrogen and oxygen atoms in total. The minimum atomic E-state index is -0.179. The van der Waals surface area contributed by atoms with E-state index < -0.39 is 0 Å². The van der Waals surface area contributed by atoms with E-state index in [1.807, 2.05) is 6.20 Å². The first-order valence-corrected chi connectivity index (χ1v) is 20.5. The number of hydrogen-bond acceptors (Lipinski definition) is 3. The van der Waals surface area contributed by atoms with Gasteiger partial charge in [-0.1, -0.05) is 84.0 Å². The summed E-state index contributed by atoms with van der Waals surface area (Å²) in [6.45, 7) is 23.5. The molecule has 0 bridgehead atoms. The van der Waals surface area contributed by atoms with Crippen LogP contribution in [0.4, 0.5) is 0 Å². The summed E-state index contributed by atoms with van der Waals surface area (Å²) in [6, 6.07) is 10.7. The highest BCUT2D eigenvalue weighted by Crippen LogP contribution is 2.82. The third kappa shape index (κ3) is 4.28. The van der Waals surface area contributed by atoms with Gasteiger partial charge in [0.25, 0.3) is 0 Å². The molecule has 0 radical (unpaired) electrons. The van der Waals surface area contributed by atoms with Gasteiger partial charge < -0.3 is 15.0 Å². The molecule has 6 aliphatic rings. The molecule has 2 heterocycles. The molecule has 272 valence electrons. The molecule has 0 spiro atoms. The van der Waals surface area contributed by atoms with E-state index >= 15 is 0 Å². The van der Waals surface area contributed by atoms with E-state index in [1.165, 1.54) is 49.7 Å². The molecule has 50 heavy (non-hydrogen) atoms. The summed E-state index contributed by atoms with van der Waals surface area (Å²) in [7, 11) is 0. The van der Waals surface area contributed by atoms with Crippen LogP contribution in [0.15, 0.2) is 48.7 Å². The fourth-order valence-corrected chi connectivity index (χ4v) is 15.1. The van der Waals surface area contributed by atoms with Gasteiger partial charge in [-0.25, -0.2) is 4.98 Å². The van der Waals surface area contributed by atoms with Crippen LogP contribution in [-0.2, 0) is 0 Å². The Morgan fingerprint density at radius 3 is 2.36 bits per heavy atom. The summed E-state index contributed by atoms with van der Waals surface area (Å²) in [5.41, 5.74) is 4.39. The van der Waals surface area contributed by atoms with Crippen LogP contribution >= 0.6 is 0 Å². The number of allylic oxidation sites excluding steroid dienone is 1. The monoisotopic (exact) mass is 679 g/mol. The van der Waals surface area contributed by atoms with Gasteiger partial charge in [-0.05, 0) is 147 Å². The molecule has 6 fully saturated rings. The predicted molar refractivity (Wildman–Crippen MR) is 205 cm³/mol. The number of fused-ring (bicyclic) bond motifs is 7. The Balaban J connectivity index is 1.14. The van der Waals surface area contributed by atoms with Crippen molar-refractivity contribution >= 4 is 5.84 Å². The average molecular weight is 679 g/mol. The maximum atomic E-state index is 11.4. The van der Waals surface area contributed by atoms with E-state index in [-0.39, 0.29) is 44.6 Å². The summed E-state index contributed by atoms with van der Waals surface area (Å²) >= 11 is 0. The molecule has 12 atom stereocenters. The van der Waals surface area contributed by atoms with Crippen LogP contribution in [-0.4, -0.2) is 38.5 Å². The Kier molecular flexibility index (Phi) is 8.01. The highest BCUT2D eigenvalue weighted by atomic mass is 16.3. The molecule has 5 heteroatoms. The highest BCUT2D eigenvalue weighted by Gasteiger charge is 2.75. The predicted octanol–water partition coefficient (Wildman–Crippen LogP) is 11.0. The summed E-state index contributed by atoms with van der Waals surface area (Å²) in [5.74, 6) is 4.08. The first kappa shape index (κ1) is 34.7. The first-order chi connectivity index (χ1) is 23.7. The number of aromatic amines is 1. The van der Waals surface area contributed by atoms with Crippen LogP contribution in [0.3, 0.4) is 0 Å². The molecular weight excluding hydrogens is 613 g/mol. The number of amidine groups is 1. The second-order valence-corrected chi connectivity index (χ2v) is 19.6. The summed E-state index contributed by atoms with van der Waals surface area (Å²) in [6.07, 6.45) is 16.8. The van der Waals surface area contributed by atoms with Crippen LogP contribution in [0, 0.1) is 61.6 Å². The van der Waals surface area contributed by atoms with Crippen molar-refractivity contribution in [2.45, 2.75) is 144 Å². The van der Waals surface area contributed by atoms with Gasteiger partial charge in [0.1, 0.15) is 11.7 Å². The number of nitrogens with one attached hydrogen (secondary N) is 2. The lowest BCUT2D eigenvalue weighted by Gasteiger charge is -2.77. The summed E-state index contributed by atoms with van der Waals surface area (Å²) in [5, 5.41) is 21.7. The Morgan fingerprint density at radius 1 is 0.920 bits per heavy atom. The molecular formula is C45H66N4O. The van der Waals surface area contributed by atoms with Crippen LogP contribution in [0.25, 0.3) is 11.3 Å². The zero-order valence-electron chi connectivity index (χ0n) is 32.4. The fourth-order valence-electron chi connectivity index (χ4n) is 15.1. The van der Waals surface area contributed by atoms with Crippen molar-refractivity contribution in [3.63, 3.8) is 0 Å². The van der Waals surface area contributed by atoms with E-state index in [0.29, 0.717) is 23.7 Å². The molecule has 1 aromatic carbocycles. The Labute approximate surface area is 303 Å². The maximum Gasteiger partial charge on any atom is 0.129 e. The molecule has 5 saturated carbocycles. The van der Waals surface area contributed by atoms with Gasteiger partial charge in [-0.2, -0.15) is 0 Å². The molecule has 1 aromatic heterocycles. The van der Waals surface area contributed by atoms with Gasteiger partial charge in [-0.3, -0.25) is 5.41 Å². The quantitative estimate of drug-likeness (QED) is 0.167. The van der Waals surface area contributed by atoms with Crippen LogP contribution in [0.2, 0.25) is 0 Å². The second-order valence-electron chi connectivity index (χ2n) is 19.6. The number of hydrogen-bond donors (Lipinski definition) is 3. The lowest BCUT2D eigenvalue weighted by molar-refractivity contribution is -0.291. The highest BCUT2D eigenvalue weighted by molar-refractivity contribution is 5.87. The molecule has 5 aliphatic carbocycles. The van der Waals surface area contributed by atoms with Crippen molar-refractivity contribution in [2.24, 2.45) is 56.2 Å². The number of aliphatic hydroxyl groups is 1. The number of aromatic nitrogens is 2. The van der Waals surface area contributed by atoms with E-state index in [4.69, 9.17) is 4.98 Å². The van der Waals surface area contributed by atoms with Gasteiger partial charge in [0.2, 0.25) is 0 Å². The minimum absolute atomic E-state index is 0.00448. The van der Waals surface area contributed by atoms with Gasteiger partial charge in [0.15, 0.2) is 0 Å². The van der Waals surface area contributed by atoms with Crippen LogP contribution < -0.4 is 0 Å². The number of benzene rings is 1. The van der Waals surface area contributed by atoms with Crippen molar-refractivity contribution in [1.82, 2.24) is 14.9 Å². The topological polar surface area (TPSA) is 76.0 Å². The fraction of sp³-hybridized carbons (Fsp3) is 0.733. The van der Waals surface area contributed by atoms with Crippen LogP contribution in [0.5, 0.6) is 0 Å². The number of aliphatic hydroxyl groups excluding tert-OH is 1. The summed E-state index contributed by atoms with van der Waals surface area (Å²) in [4.78, 5) is 11.1. The van der Waals surface area contributed by atoms with E-state index in [2.05, 4.69) is 95.3 Å². The number of likely N-dealkylation sites (tertiary alicyclic amines) is 1. The number of H-pyrrole nitrogens is 1. The zero-order chi connectivity index (χ0) is 35.5. The molecule has 0 amide bonds. The average Bonchev–Trinajstić information content (AvgIpc) is 3.88. The van der Waals surface area contributed by atoms with Crippen molar-refractivity contribution in [1.29, 1.82) is 5.41 Å². The van der Waals surface area contributed by atoms with E-state index in [1.54, 1.807) is 0 Å². The normalized spacial score (nSPS) is 46.8. The van der Waals surface area contributed by atoms with Crippen molar-refractivity contribution in [3.05, 3.63) is 54.5 Å². The molecule has 2 aromatic rings. The molecule has 1 saturated heterocycles.